The number of nitrogens with one attached hydrogen (secondary N) is 1. The molecular weight excluding hydrogens is 470 g/mol. The van der Waals surface area contributed by atoms with Gasteiger partial charge in [0.25, 0.3) is 5.91 Å². The van der Waals surface area contributed by atoms with E-state index >= 15 is 0 Å². The third-order valence-electron chi connectivity index (χ3n) is 2.94. The molecule has 0 aliphatic rings. The van der Waals surface area contributed by atoms with Gasteiger partial charge in [-0.25, -0.2) is 0 Å². The predicted octanol–water partition coefficient (Wildman–Crippen LogP) is 5.31. The first-order chi connectivity index (χ1) is 9.46. The van der Waals surface area contributed by atoms with Crippen LogP contribution in [0.15, 0.2) is 44.7 Å². The van der Waals surface area contributed by atoms with Gasteiger partial charge in [0.05, 0.1) is 14.2 Å². The van der Waals surface area contributed by atoms with Crippen molar-refractivity contribution in [3.05, 3.63) is 55.1 Å². The zero-order chi connectivity index (χ0) is 14.8. The van der Waals surface area contributed by atoms with Gasteiger partial charge in [-0.3, -0.25) is 4.79 Å². The average molecular weight is 482 g/mol. The van der Waals surface area contributed by atoms with Gasteiger partial charge < -0.3 is 5.32 Å². The van der Waals surface area contributed by atoms with Gasteiger partial charge in [-0.15, -0.1) is 11.3 Å². The molecule has 1 aromatic heterocycles. The molecule has 2 aromatic rings. The smallest absolute Gasteiger partial charge is 0.262 e. The van der Waals surface area contributed by atoms with Gasteiger partial charge in [-0.2, -0.15) is 0 Å². The number of thiophene rings is 1. The normalized spacial score (nSPS) is 13.8. The summed E-state index contributed by atoms with van der Waals surface area (Å²) in [4.78, 5) is 13.1. The van der Waals surface area contributed by atoms with Crippen LogP contribution in [0.2, 0.25) is 0 Å². The second-order valence-corrected chi connectivity index (χ2v) is 8.30. The Kier molecular flexibility index (Phi) is 5.45. The van der Waals surface area contributed by atoms with E-state index in [0.717, 1.165) is 13.8 Å². The number of benzene rings is 1. The molecule has 1 heterocycles. The maximum atomic E-state index is 12.4. The van der Waals surface area contributed by atoms with Crippen molar-refractivity contribution >= 4 is 65.0 Å². The Hall–Kier alpha value is -0.170. The van der Waals surface area contributed by atoms with Crippen molar-refractivity contribution in [1.82, 2.24) is 5.32 Å². The lowest BCUT2D eigenvalue weighted by Crippen LogP contribution is -2.44. The summed E-state index contributed by atoms with van der Waals surface area (Å²) in [6.07, 6.45) is 0. The minimum Gasteiger partial charge on any atom is -0.341 e. The highest BCUT2D eigenvalue weighted by Crippen LogP contribution is 2.33. The second-order valence-electron chi connectivity index (χ2n) is 4.52. The Morgan fingerprint density at radius 3 is 2.45 bits per heavy atom. The van der Waals surface area contributed by atoms with E-state index in [0.29, 0.717) is 10.2 Å². The summed E-state index contributed by atoms with van der Waals surface area (Å²) < 4.78 is 1.82. The molecule has 0 bridgehead atoms. The van der Waals surface area contributed by atoms with Crippen LogP contribution in [-0.4, -0.2) is 11.2 Å². The molecule has 0 radical (unpaired) electrons. The molecule has 0 saturated carbocycles. The second kappa shape index (κ2) is 6.73. The van der Waals surface area contributed by atoms with Crippen molar-refractivity contribution in [2.45, 2.75) is 12.5 Å². The third-order valence-corrected chi connectivity index (χ3v) is 7.31. The number of amides is 1. The number of halogens is 3. The SMILES string of the molecule is CC(CBr)(NC(=O)c1cc(Br)c(Br)s1)c1ccccc1. The Bertz CT molecular complexity index is 595. The van der Waals surface area contributed by atoms with Crippen LogP contribution in [0.1, 0.15) is 22.2 Å². The third kappa shape index (κ3) is 3.53. The first-order valence-electron chi connectivity index (χ1n) is 5.85. The molecule has 1 aromatic carbocycles. The largest absolute Gasteiger partial charge is 0.341 e. The molecule has 0 aliphatic carbocycles. The highest BCUT2D eigenvalue weighted by molar-refractivity contribution is 9.13. The number of hydrogen-bond acceptors (Lipinski definition) is 2. The van der Waals surface area contributed by atoms with Crippen LogP contribution < -0.4 is 5.32 Å². The van der Waals surface area contributed by atoms with E-state index in [-0.39, 0.29) is 5.91 Å². The van der Waals surface area contributed by atoms with E-state index in [1.165, 1.54) is 11.3 Å². The van der Waals surface area contributed by atoms with Gasteiger partial charge in [0.1, 0.15) is 0 Å². The average Bonchev–Trinajstić information content (AvgIpc) is 2.79. The fourth-order valence-electron chi connectivity index (χ4n) is 1.76. The highest BCUT2D eigenvalue weighted by Gasteiger charge is 2.28. The minimum atomic E-state index is -0.443. The maximum absolute atomic E-state index is 12.4. The summed E-state index contributed by atoms with van der Waals surface area (Å²) in [7, 11) is 0. The van der Waals surface area contributed by atoms with Gasteiger partial charge in [-0.1, -0.05) is 46.3 Å². The summed E-state index contributed by atoms with van der Waals surface area (Å²) in [6, 6.07) is 11.8. The number of hydrogen-bond donors (Lipinski definition) is 1. The maximum Gasteiger partial charge on any atom is 0.262 e. The molecule has 1 unspecified atom stereocenters. The number of alkyl halides is 1. The summed E-state index contributed by atoms with van der Waals surface area (Å²) >= 11 is 11.7. The van der Waals surface area contributed by atoms with E-state index in [2.05, 4.69) is 53.1 Å². The summed E-state index contributed by atoms with van der Waals surface area (Å²) in [5, 5.41) is 3.74. The van der Waals surface area contributed by atoms with Gasteiger partial charge in [0.15, 0.2) is 0 Å². The Labute approximate surface area is 147 Å². The van der Waals surface area contributed by atoms with Gasteiger partial charge in [0.2, 0.25) is 0 Å². The zero-order valence-corrected chi connectivity index (χ0v) is 16.2. The van der Waals surface area contributed by atoms with Crippen LogP contribution in [0, 0.1) is 0 Å². The van der Waals surface area contributed by atoms with Crippen molar-refractivity contribution in [2.24, 2.45) is 0 Å². The fourth-order valence-corrected chi connectivity index (χ4v) is 4.15. The van der Waals surface area contributed by atoms with E-state index in [1.54, 1.807) is 0 Å². The van der Waals surface area contributed by atoms with Crippen LogP contribution in [0.5, 0.6) is 0 Å². The first-order valence-corrected chi connectivity index (χ1v) is 9.37. The van der Waals surface area contributed by atoms with Crippen molar-refractivity contribution in [3.63, 3.8) is 0 Å². The highest BCUT2D eigenvalue weighted by atomic mass is 79.9. The van der Waals surface area contributed by atoms with Gasteiger partial charge >= 0.3 is 0 Å². The molecule has 2 nitrogen and oxygen atoms in total. The van der Waals surface area contributed by atoms with Crippen LogP contribution >= 0.6 is 59.1 Å². The van der Waals surface area contributed by atoms with Crippen molar-refractivity contribution in [1.29, 1.82) is 0 Å². The lowest BCUT2D eigenvalue weighted by atomic mass is 9.94. The van der Waals surface area contributed by atoms with E-state index < -0.39 is 5.54 Å². The summed E-state index contributed by atoms with van der Waals surface area (Å²) in [5.74, 6) is -0.0767. The Morgan fingerprint density at radius 1 is 1.30 bits per heavy atom. The van der Waals surface area contributed by atoms with Crippen molar-refractivity contribution < 1.29 is 4.79 Å². The molecular formula is C14H12Br3NOS. The molecule has 1 N–H and O–H groups in total. The topological polar surface area (TPSA) is 29.1 Å². The van der Waals surface area contributed by atoms with E-state index in [4.69, 9.17) is 0 Å². The van der Waals surface area contributed by atoms with Crippen LogP contribution in [0.25, 0.3) is 0 Å². The molecule has 0 fully saturated rings. The Morgan fingerprint density at radius 2 is 1.95 bits per heavy atom. The zero-order valence-electron chi connectivity index (χ0n) is 10.6. The van der Waals surface area contributed by atoms with Crippen molar-refractivity contribution in [3.8, 4) is 0 Å². The molecule has 6 heteroatoms. The number of carbonyl (C=O) groups is 1. The van der Waals surface area contributed by atoms with Crippen LogP contribution in [-0.2, 0) is 5.54 Å². The Balaban J connectivity index is 2.24. The number of carbonyl (C=O) groups excluding carboxylic acids is 1. The van der Waals surface area contributed by atoms with E-state index in [1.807, 2.05) is 43.3 Å². The first kappa shape index (κ1) is 16.2. The summed E-state index contributed by atoms with van der Waals surface area (Å²) in [6.45, 7) is 2.01. The molecule has 0 saturated heterocycles. The quantitative estimate of drug-likeness (QED) is 0.589. The van der Waals surface area contributed by atoms with Gasteiger partial charge in [-0.05, 0) is 50.4 Å². The molecule has 106 valence electrons. The lowest BCUT2D eigenvalue weighted by molar-refractivity contribution is 0.0918. The molecule has 1 amide bonds. The molecule has 1 atom stereocenters. The van der Waals surface area contributed by atoms with E-state index in [9.17, 15) is 4.79 Å². The number of rotatable bonds is 4. The fraction of sp³-hybridized carbons (Fsp3) is 0.214. The predicted molar refractivity (Wildman–Crippen MR) is 94.8 cm³/mol. The van der Waals surface area contributed by atoms with Gasteiger partial charge in [0, 0.05) is 9.80 Å². The van der Waals surface area contributed by atoms with Crippen LogP contribution in [0.3, 0.4) is 0 Å². The molecule has 0 aliphatic heterocycles. The minimum absolute atomic E-state index is 0.0767. The summed E-state index contributed by atoms with van der Waals surface area (Å²) in [5.41, 5.74) is 0.626. The monoisotopic (exact) mass is 479 g/mol. The lowest BCUT2D eigenvalue weighted by Gasteiger charge is -2.29. The standard InChI is InChI=1S/C14H12Br3NOS/c1-14(8-15,9-5-3-2-4-6-9)18-13(19)11-7-10(16)12(17)20-11/h2-7H,8H2,1H3,(H,18,19). The molecule has 20 heavy (non-hydrogen) atoms. The molecule has 2 rings (SSSR count). The van der Waals surface area contributed by atoms with Crippen molar-refractivity contribution in [2.75, 3.05) is 5.33 Å². The van der Waals surface area contributed by atoms with Crippen LogP contribution in [0.4, 0.5) is 0 Å². The molecule has 0 spiro atoms.